The van der Waals surface area contributed by atoms with Gasteiger partial charge in [0, 0.05) is 11.6 Å². The van der Waals surface area contributed by atoms with Gasteiger partial charge in [-0.05, 0) is 30.7 Å². The van der Waals surface area contributed by atoms with Crippen molar-refractivity contribution in [1.29, 1.82) is 0 Å². The largest absolute Gasteiger partial charge is 0.490 e. The summed E-state index contributed by atoms with van der Waals surface area (Å²) in [7, 11) is 0. The lowest BCUT2D eigenvalue weighted by molar-refractivity contribution is 0.0958. The van der Waals surface area contributed by atoms with Crippen LogP contribution in [0.2, 0.25) is 0 Å². The van der Waals surface area contributed by atoms with E-state index in [9.17, 15) is 18.7 Å². The number of halogens is 2. The van der Waals surface area contributed by atoms with Gasteiger partial charge in [0.25, 0.3) is 5.91 Å². The summed E-state index contributed by atoms with van der Waals surface area (Å²) in [6.07, 6.45) is -1.30. The molecule has 6 heteroatoms. The number of aliphatic hydroxyl groups excluding tert-OH is 1. The van der Waals surface area contributed by atoms with E-state index in [2.05, 4.69) is 0 Å². The van der Waals surface area contributed by atoms with E-state index >= 15 is 0 Å². The second kappa shape index (κ2) is 6.53. The van der Waals surface area contributed by atoms with Crippen LogP contribution in [0.4, 0.5) is 8.78 Å². The van der Waals surface area contributed by atoms with E-state index in [1.54, 1.807) is 19.1 Å². The molecule has 0 saturated carbocycles. The lowest BCUT2D eigenvalue weighted by Gasteiger charge is -2.15. The van der Waals surface area contributed by atoms with Crippen molar-refractivity contribution in [2.24, 2.45) is 5.73 Å². The molecule has 22 heavy (non-hydrogen) atoms. The molecule has 4 nitrogen and oxygen atoms in total. The normalized spacial score (nSPS) is 12.0. The molecule has 0 spiro atoms. The van der Waals surface area contributed by atoms with E-state index < -0.39 is 23.6 Å². The fourth-order valence-electron chi connectivity index (χ4n) is 1.98. The zero-order valence-corrected chi connectivity index (χ0v) is 11.8. The Morgan fingerprint density at radius 3 is 2.64 bits per heavy atom. The maximum Gasteiger partial charge on any atom is 0.252 e. The van der Waals surface area contributed by atoms with E-state index in [1.165, 1.54) is 6.07 Å². The molecule has 0 radical (unpaired) electrons. The predicted molar refractivity (Wildman–Crippen MR) is 76.5 cm³/mol. The third kappa shape index (κ3) is 3.59. The molecule has 0 aliphatic rings. The molecule has 1 amide bonds. The van der Waals surface area contributed by atoms with Gasteiger partial charge < -0.3 is 15.6 Å². The zero-order valence-electron chi connectivity index (χ0n) is 11.8. The van der Waals surface area contributed by atoms with E-state index in [4.69, 9.17) is 10.5 Å². The van der Waals surface area contributed by atoms with E-state index in [0.29, 0.717) is 6.07 Å². The number of carbonyl (C=O) groups excluding carboxylic acids is 1. The molecule has 2 aromatic carbocycles. The molecule has 0 aromatic heterocycles. The topological polar surface area (TPSA) is 72.6 Å². The van der Waals surface area contributed by atoms with Crippen molar-refractivity contribution in [1.82, 2.24) is 0 Å². The Morgan fingerprint density at radius 2 is 2.00 bits per heavy atom. The van der Waals surface area contributed by atoms with Gasteiger partial charge in [0.1, 0.15) is 30.1 Å². The zero-order chi connectivity index (χ0) is 16.3. The molecule has 2 aromatic rings. The van der Waals surface area contributed by atoms with Crippen molar-refractivity contribution in [3.05, 3.63) is 64.7 Å². The van der Waals surface area contributed by atoms with Crippen LogP contribution in [0, 0.1) is 18.6 Å². The molecule has 3 N–H and O–H groups in total. The molecule has 2 rings (SSSR count). The smallest absolute Gasteiger partial charge is 0.252 e. The van der Waals surface area contributed by atoms with Crippen LogP contribution in [-0.4, -0.2) is 17.6 Å². The maximum absolute atomic E-state index is 13.6. The highest BCUT2D eigenvalue weighted by Crippen LogP contribution is 2.23. The number of primary amides is 1. The highest BCUT2D eigenvalue weighted by Gasteiger charge is 2.16. The van der Waals surface area contributed by atoms with Crippen molar-refractivity contribution >= 4 is 5.91 Å². The summed E-state index contributed by atoms with van der Waals surface area (Å²) in [5.74, 6) is -2.06. The number of aryl methyl sites for hydroxylation is 1. The number of amides is 1. The minimum Gasteiger partial charge on any atom is -0.490 e. The van der Waals surface area contributed by atoms with Gasteiger partial charge in [-0.1, -0.05) is 12.1 Å². The number of aliphatic hydroxyl groups is 1. The number of hydrogen-bond acceptors (Lipinski definition) is 3. The van der Waals surface area contributed by atoms with Crippen LogP contribution in [0.25, 0.3) is 0 Å². The fourth-order valence-corrected chi connectivity index (χ4v) is 1.98. The molecule has 0 fully saturated rings. The summed E-state index contributed by atoms with van der Waals surface area (Å²) in [6, 6.07) is 7.67. The summed E-state index contributed by atoms with van der Waals surface area (Å²) < 4.78 is 31.8. The summed E-state index contributed by atoms with van der Waals surface area (Å²) in [6.45, 7) is 1.50. The first-order chi connectivity index (χ1) is 10.4. The van der Waals surface area contributed by atoms with Gasteiger partial charge in [-0.2, -0.15) is 0 Å². The number of rotatable bonds is 5. The summed E-state index contributed by atoms with van der Waals surface area (Å²) in [5, 5.41) is 9.95. The number of benzene rings is 2. The van der Waals surface area contributed by atoms with Crippen LogP contribution >= 0.6 is 0 Å². The summed E-state index contributed by atoms with van der Waals surface area (Å²) in [5.41, 5.74) is 6.15. The molecular weight excluding hydrogens is 292 g/mol. The van der Waals surface area contributed by atoms with Crippen molar-refractivity contribution < 1.29 is 23.4 Å². The molecule has 0 heterocycles. The Bertz CT molecular complexity index is 704. The second-order valence-electron chi connectivity index (χ2n) is 4.86. The van der Waals surface area contributed by atoms with Crippen LogP contribution in [0.15, 0.2) is 36.4 Å². The van der Waals surface area contributed by atoms with Crippen molar-refractivity contribution in [2.75, 3.05) is 6.61 Å². The standard InChI is InChI=1S/C16H15F2NO3/c1-9-2-4-12(16(19)21)15(6-9)22-8-14(20)11-5-3-10(17)7-13(11)18/h2-7,14,20H,8H2,1H3,(H2,19,21). The van der Waals surface area contributed by atoms with Gasteiger partial charge >= 0.3 is 0 Å². The molecule has 0 aliphatic heterocycles. The van der Waals surface area contributed by atoms with Crippen LogP contribution < -0.4 is 10.5 Å². The van der Waals surface area contributed by atoms with E-state index in [0.717, 1.165) is 17.7 Å². The summed E-state index contributed by atoms with van der Waals surface area (Å²) in [4.78, 5) is 11.3. The van der Waals surface area contributed by atoms with E-state index in [-0.39, 0.29) is 23.5 Å². The minimum atomic E-state index is -1.30. The molecule has 0 aliphatic carbocycles. The third-order valence-electron chi connectivity index (χ3n) is 3.12. The SMILES string of the molecule is Cc1ccc(C(N)=O)c(OCC(O)c2ccc(F)cc2F)c1. The lowest BCUT2D eigenvalue weighted by Crippen LogP contribution is -2.16. The minimum absolute atomic E-state index is 0.0883. The van der Waals surface area contributed by atoms with Crippen LogP contribution in [-0.2, 0) is 0 Å². The van der Waals surface area contributed by atoms with Crippen molar-refractivity contribution in [3.63, 3.8) is 0 Å². The third-order valence-corrected chi connectivity index (χ3v) is 3.12. The Hall–Kier alpha value is -2.47. The second-order valence-corrected chi connectivity index (χ2v) is 4.86. The van der Waals surface area contributed by atoms with Crippen LogP contribution in [0.3, 0.4) is 0 Å². The van der Waals surface area contributed by atoms with Gasteiger partial charge in [0.2, 0.25) is 0 Å². The molecule has 0 saturated heterocycles. The van der Waals surface area contributed by atoms with Crippen LogP contribution in [0.1, 0.15) is 27.6 Å². The summed E-state index contributed by atoms with van der Waals surface area (Å²) >= 11 is 0. The van der Waals surface area contributed by atoms with Gasteiger partial charge in [-0.15, -0.1) is 0 Å². The molecule has 1 unspecified atom stereocenters. The Balaban J connectivity index is 2.16. The number of hydrogen-bond donors (Lipinski definition) is 2. The Kier molecular flexibility index (Phi) is 4.72. The van der Waals surface area contributed by atoms with Crippen molar-refractivity contribution in [3.8, 4) is 5.75 Å². The quantitative estimate of drug-likeness (QED) is 0.891. The maximum atomic E-state index is 13.6. The Morgan fingerprint density at radius 1 is 1.27 bits per heavy atom. The first-order valence-electron chi connectivity index (χ1n) is 6.54. The van der Waals surface area contributed by atoms with Gasteiger partial charge in [-0.3, -0.25) is 4.79 Å². The molecule has 1 atom stereocenters. The highest BCUT2D eigenvalue weighted by atomic mass is 19.1. The number of carbonyl (C=O) groups is 1. The fraction of sp³-hybridized carbons (Fsp3) is 0.188. The first kappa shape index (κ1) is 15.9. The predicted octanol–water partition coefficient (Wildman–Crippen LogP) is 2.48. The Labute approximate surface area is 126 Å². The van der Waals surface area contributed by atoms with Gasteiger partial charge in [0.15, 0.2) is 0 Å². The van der Waals surface area contributed by atoms with Gasteiger partial charge in [0.05, 0.1) is 5.56 Å². The average Bonchev–Trinajstić information content (AvgIpc) is 2.44. The average molecular weight is 307 g/mol. The molecule has 116 valence electrons. The number of ether oxygens (including phenoxy) is 1. The highest BCUT2D eigenvalue weighted by molar-refractivity contribution is 5.95. The monoisotopic (exact) mass is 307 g/mol. The van der Waals surface area contributed by atoms with Gasteiger partial charge in [-0.25, -0.2) is 8.78 Å². The lowest BCUT2D eigenvalue weighted by atomic mass is 10.1. The van der Waals surface area contributed by atoms with E-state index in [1.807, 2.05) is 0 Å². The molecule has 0 bridgehead atoms. The number of nitrogens with two attached hydrogens (primary N) is 1. The van der Waals surface area contributed by atoms with Crippen LogP contribution in [0.5, 0.6) is 5.75 Å². The molecular formula is C16H15F2NO3. The van der Waals surface area contributed by atoms with Crippen molar-refractivity contribution in [2.45, 2.75) is 13.0 Å². The first-order valence-corrected chi connectivity index (χ1v) is 6.54.